The fourth-order valence-electron chi connectivity index (χ4n) is 3.13. The van der Waals surface area contributed by atoms with E-state index in [1.165, 1.54) is 0 Å². The predicted molar refractivity (Wildman–Crippen MR) is 74.3 cm³/mol. The van der Waals surface area contributed by atoms with Crippen molar-refractivity contribution >= 4 is 11.6 Å². The van der Waals surface area contributed by atoms with Crippen molar-refractivity contribution in [3.63, 3.8) is 0 Å². The Morgan fingerprint density at radius 3 is 2.95 bits per heavy atom. The van der Waals surface area contributed by atoms with E-state index in [0.29, 0.717) is 0 Å². The molecule has 1 saturated heterocycles. The van der Waals surface area contributed by atoms with Gasteiger partial charge in [-0.05, 0) is 49.9 Å². The van der Waals surface area contributed by atoms with Gasteiger partial charge in [-0.15, -0.1) is 0 Å². The standard InChI is InChI=1S/C15H20N2O2/c1-19-12-4-2-3-11(9-12)17-14(18)13-10-15(13)5-7-16-8-6-15/h2-4,9,13,16H,5-8,10H2,1H3,(H,17,18). The van der Waals surface area contributed by atoms with Crippen molar-refractivity contribution in [2.24, 2.45) is 11.3 Å². The van der Waals surface area contributed by atoms with Gasteiger partial charge in [-0.2, -0.15) is 0 Å². The van der Waals surface area contributed by atoms with Gasteiger partial charge in [0.1, 0.15) is 5.75 Å². The van der Waals surface area contributed by atoms with Gasteiger partial charge in [0, 0.05) is 17.7 Å². The maximum atomic E-state index is 12.3. The maximum absolute atomic E-state index is 12.3. The lowest BCUT2D eigenvalue weighted by Gasteiger charge is -2.23. The van der Waals surface area contributed by atoms with E-state index in [-0.39, 0.29) is 17.2 Å². The van der Waals surface area contributed by atoms with Crippen molar-refractivity contribution in [3.8, 4) is 5.75 Å². The number of methoxy groups -OCH3 is 1. The van der Waals surface area contributed by atoms with Crippen LogP contribution in [0, 0.1) is 11.3 Å². The highest BCUT2D eigenvalue weighted by molar-refractivity contribution is 5.95. The van der Waals surface area contributed by atoms with Crippen molar-refractivity contribution in [2.45, 2.75) is 19.3 Å². The lowest BCUT2D eigenvalue weighted by molar-refractivity contribution is -0.118. The number of amides is 1. The molecule has 0 bridgehead atoms. The molecular formula is C15H20N2O2. The van der Waals surface area contributed by atoms with E-state index in [1.807, 2.05) is 24.3 Å². The van der Waals surface area contributed by atoms with E-state index in [4.69, 9.17) is 4.74 Å². The van der Waals surface area contributed by atoms with Gasteiger partial charge in [0.2, 0.25) is 5.91 Å². The first kappa shape index (κ1) is 12.5. The number of benzene rings is 1. The molecule has 3 rings (SSSR count). The topological polar surface area (TPSA) is 50.4 Å². The third kappa shape index (κ3) is 2.45. The molecule has 1 atom stereocenters. The van der Waals surface area contributed by atoms with E-state index in [1.54, 1.807) is 7.11 Å². The lowest BCUT2D eigenvalue weighted by atomic mass is 9.92. The number of carbonyl (C=O) groups is 1. The van der Waals surface area contributed by atoms with Crippen molar-refractivity contribution in [1.82, 2.24) is 5.32 Å². The highest BCUT2D eigenvalue weighted by atomic mass is 16.5. The molecule has 1 aromatic carbocycles. The number of rotatable bonds is 3. The van der Waals surface area contributed by atoms with Crippen LogP contribution >= 0.6 is 0 Å². The Balaban J connectivity index is 1.63. The van der Waals surface area contributed by atoms with E-state index in [0.717, 1.165) is 43.8 Å². The van der Waals surface area contributed by atoms with E-state index >= 15 is 0 Å². The molecule has 2 aliphatic rings. The monoisotopic (exact) mass is 260 g/mol. The Morgan fingerprint density at radius 1 is 1.42 bits per heavy atom. The molecule has 1 aliphatic heterocycles. The van der Waals surface area contributed by atoms with Crippen molar-refractivity contribution in [3.05, 3.63) is 24.3 Å². The van der Waals surface area contributed by atoms with Crippen molar-refractivity contribution < 1.29 is 9.53 Å². The van der Waals surface area contributed by atoms with Crippen LogP contribution in [0.3, 0.4) is 0 Å². The fourth-order valence-corrected chi connectivity index (χ4v) is 3.13. The van der Waals surface area contributed by atoms with Gasteiger partial charge >= 0.3 is 0 Å². The maximum Gasteiger partial charge on any atom is 0.228 e. The van der Waals surface area contributed by atoms with Crippen LogP contribution in [0.5, 0.6) is 5.75 Å². The molecule has 1 heterocycles. The summed E-state index contributed by atoms with van der Waals surface area (Å²) in [5.41, 5.74) is 1.11. The highest BCUT2D eigenvalue weighted by Crippen LogP contribution is 2.58. The first-order valence-electron chi connectivity index (χ1n) is 6.89. The summed E-state index contributed by atoms with van der Waals surface area (Å²) in [6.45, 7) is 2.09. The highest BCUT2D eigenvalue weighted by Gasteiger charge is 2.57. The summed E-state index contributed by atoms with van der Waals surface area (Å²) < 4.78 is 5.16. The predicted octanol–water partition coefficient (Wildman–Crippen LogP) is 2.02. The van der Waals surface area contributed by atoms with Gasteiger partial charge in [-0.1, -0.05) is 6.07 Å². The van der Waals surface area contributed by atoms with Gasteiger partial charge in [-0.25, -0.2) is 0 Å². The number of piperidine rings is 1. The Labute approximate surface area is 113 Å². The molecule has 1 aromatic rings. The SMILES string of the molecule is COc1cccc(NC(=O)C2CC23CCNCC3)c1. The van der Waals surface area contributed by atoms with E-state index < -0.39 is 0 Å². The minimum Gasteiger partial charge on any atom is -0.497 e. The summed E-state index contributed by atoms with van der Waals surface area (Å²) in [4.78, 5) is 12.3. The number of nitrogens with one attached hydrogen (secondary N) is 2. The second kappa shape index (κ2) is 4.85. The van der Waals surface area contributed by atoms with Gasteiger partial charge in [-0.3, -0.25) is 4.79 Å². The first-order chi connectivity index (χ1) is 9.23. The quantitative estimate of drug-likeness (QED) is 0.874. The van der Waals surface area contributed by atoms with Crippen LogP contribution in [-0.4, -0.2) is 26.1 Å². The Hall–Kier alpha value is -1.55. The summed E-state index contributed by atoms with van der Waals surface area (Å²) >= 11 is 0. The molecule has 4 heteroatoms. The number of hydrogen-bond acceptors (Lipinski definition) is 3. The lowest BCUT2D eigenvalue weighted by Crippen LogP contribution is -2.31. The summed E-state index contributed by atoms with van der Waals surface area (Å²) in [5, 5.41) is 6.37. The molecule has 1 saturated carbocycles. The molecule has 1 unspecified atom stereocenters. The molecule has 2 fully saturated rings. The Kier molecular flexibility index (Phi) is 3.19. The van der Waals surface area contributed by atoms with Crippen LogP contribution in [-0.2, 0) is 4.79 Å². The normalized spacial score (nSPS) is 23.9. The fraction of sp³-hybridized carbons (Fsp3) is 0.533. The number of ether oxygens (including phenoxy) is 1. The first-order valence-corrected chi connectivity index (χ1v) is 6.89. The Bertz CT molecular complexity index is 481. The average Bonchev–Trinajstić information content (AvgIpc) is 3.13. The van der Waals surface area contributed by atoms with E-state index in [9.17, 15) is 4.79 Å². The summed E-state index contributed by atoms with van der Waals surface area (Å²) in [6.07, 6.45) is 3.30. The van der Waals surface area contributed by atoms with Gasteiger partial charge in [0.25, 0.3) is 0 Å². The summed E-state index contributed by atoms with van der Waals surface area (Å²) in [5.74, 6) is 1.13. The molecule has 19 heavy (non-hydrogen) atoms. The van der Waals surface area contributed by atoms with Crippen molar-refractivity contribution in [1.29, 1.82) is 0 Å². The van der Waals surface area contributed by atoms with Crippen LogP contribution in [0.2, 0.25) is 0 Å². The molecule has 4 nitrogen and oxygen atoms in total. The molecule has 0 aromatic heterocycles. The third-order valence-corrected chi connectivity index (χ3v) is 4.44. The molecule has 1 spiro atoms. The third-order valence-electron chi connectivity index (χ3n) is 4.44. The van der Waals surface area contributed by atoms with Gasteiger partial charge < -0.3 is 15.4 Å². The van der Waals surface area contributed by atoms with Crippen LogP contribution < -0.4 is 15.4 Å². The van der Waals surface area contributed by atoms with Gasteiger partial charge in [0.15, 0.2) is 0 Å². The van der Waals surface area contributed by atoms with Crippen LogP contribution in [0.4, 0.5) is 5.69 Å². The average molecular weight is 260 g/mol. The number of carbonyl (C=O) groups excluding carboxylic acids is 1. The second-order valence-corrected chi connectivity index (χ2v) is 5.59. The number of anilines is 1. The van der Waals surface area contributed by atoms with Crippen LogP contribution in [0.25, 0.3) is 0 Å². The smallest absolute Gasteiger partial charge is 0.228 e. The molecule has 1 amide bonds. The molecule has 1 aliphatic carbocycles. The second-order valence-electron chi connectivity index (χ2n) is 5.59. The largest absolute Gasteiger partial charge is 0.497 e. The van der Waals surface area contributed by atoms with Crippen LogP contribution in [0.1, 0.15) is 19.3 Å². The minimum atomic E-state index is 0.162. The van der Waals surface area contributed by atoms with Gasteiger partial charge in [0.05, 0.1) is 7.11 Å². The zero-order valence-corrected chi connectivity index (χ0v) is 11.2. The minimum absolute atomic E-state index is 0.162. The van der Waals surface area contributed by atoms with Crippen molar-refractivity contribution in [2.75, 3.05) is 25.5 Å². The van der Waals surface area contributed by atoms with Crippen LogP contribution in [0.15, 0.2) is 24.3 Å². The number of hydrogen-bond donors (Lipinski definition) is 2. The summed E-state index contributed by atoms with van der Waals surface area (Å²) in [6, 6.07) is 7.52. The molecule has 102 valence electrons. The molecule has 0 radical (unpaired) electrons. The zero-order chi connectivity index (χ0) is 13.3. The molecule has 2 N–H and O–H groups in total. The van der Waals surface area contributed by atoms with E-state index in [2.05, 4.69) is 10.6 Å². The molecular weight excluding hydrogens is 240 g/mol. The summed E-state index contributed by atoms with van der Waals surface area (Å²) in [7, 11) is 1.63. The Morgan fingerprint density at radius 2 is 2.21 bits per heavy atom. The zero-order valence-electron chi connectivity index (χ0n) is 11.2.